The van der Waals surface area contributed by atoms with Crippen LogP contribution in [0.5, 0.6) is 5.75 Å². The third kappa shape index (κ3) is 3.08. The number of aryl methyl sites for hydroxylation is 1. The Morgan fingerprint density at radius 1 is 1.29 bits per heavy atom. The van der Waals surface area contributed by atoms with Crippen LogP contribution in [0.2, 0.25) is 0 Å². The first-order valence-electron chi connectivity index (χ1n) is 9.06. The van der Waals surface area contributed by atoms with Crippen molar-refractivity contribution in [3.05, 3.63) is 41.6 Å². The zero-order valence-corrected chi connectivity index (χ0v) is 15.9. The van der Waals surface area contributed by atoms with Crippen molar-refractivity contribution in [3.8, 4) is 5.75 Å². The number of aromatic amines is 2. The van der Waals surface area contributed by atoms with Gasteiger partial charge in [-0.15, -0.1) is 0 Å². The molecule has 1 aliphatic heterocycles. The average Bonchev–Trinajstić information content (AvgIpc) is 3.43. The number of amides is 2. The number of nitrogens with zero attached hydrogens (tertiary/aromatic N) is 3. The molecule has 3 aromatic rings. The Balaban J connectivity index is 1.61. The minimum Gasteiger partial charge on any atom is -0.497 e. The Bertz CT molecular complexity index is 1040. The number of nitrogens with one attached hydrogen (secondary N) is 3. The van der Waals surface area contributed by atoms with Crippen LogP contribution in [0.15, 0.2) is 24.3 Å². The lowest BCUT2D eigenvalue weighted by molar-refractivity contribution is -0.124. The topological polar surface area (TPSA) is 116 Å². The fraction of sp³-hybridized carbons (Fsp3) is 0.368. The maximum atomic E-state index is 13.1. The summed E-state index contributed by atoms with van der Waals surface area (Å²) < 4.78 is 5.23. The van der Waals surface area contributed by atoms with Gasteiger partial charge >= 0.3 is 0 Å². The predicted molar refractivity (Wildman–Crippen MR) is 102 cm³/mol. The number of likely N-dealkylation sites (tertiary alicyclic amines) is 1. The van der Waals surface area contributed by atoms with E-state index >= 15 is 0 Å². The van der Waals surface area contributed by atoms with Crippen molar-refractivity contribution in [1.29, 1.82) is 0 Å². The standard InChI is InChI=1S/C19H22N6O3/c1-10-21-17(24-23-10)13-8-25(9-14(13)18(26)20-2)19(27)16-6-11-4-5-12(28-3)7-15(11)22-16/h4-7,13-14,22H,8-9H2,1-3H3,(H,20,26)(H,21,23,24). The maximum Gasteiger partial charge on any atom is 0.270 e. The van der Waals surface area contributed by atoms with Crippen LogP contribution in [0.25, 0.3) is 10.9 Å². The van der Waals surface area contributed by atoms with Gasteiger partial charge in [-0.2, -0.15) is 5.10 Å². The highest BCUT2D eigenvalue weighted by Gasteiger charge is 2.42. The van der Waals surface area contributed by atoms with Gasteiger partial charge in [0.1, 0.15) is 17.3 Å². The highest BCUT2D eigenvalue weighted by atomic mass is 16.5. The second-order valence-electron chi connectivity index (χ2n) is 6.95. The Kier molecular flexibility index (Phi) is 4.50. The molecule has 3 N–H and O–H groups in total. The van der Waals surface area contributed by atoms with Gasteiger partial charge in [0, 0.05) is 37.1 Å². The molecule has 2 aromatic heterocycles. The van der Waals surface area contributed by atoms with Crippen LogP contribution >= 0.6 is 0 Å². The summed E-state index contributed by atoms with van der Waals surface area (Å²) in [6.07, 6.45) is 0. The van der Waals surface area contributed by atoms with E-state index in [0.717, 1.165) is 10.9 Å². The van der Waals surface area contributed by atoms with Gasteiger partial charge in [0.05, 0.1) is 18.9 Å². The highest BCUT2D eigenvalue weighted by Crippen LogP contribution is 2.32. The smallest absolute Gasteiger partial charge is 0.270 e. The Labute approximate surface area is 161 Å². The number of fused-ring (bicyclic) bond motifs is 1. The third-order valence-electron chi connectivity index (χ3n) is 5.20. The van der Waals surface area contributed by atoms with E-state index < -0.39 is 5.92 Å². The van der Waals surface area contributed by atoms with Gasteiger partial charge in [-0.3, -0.25) is 14.7 Å². The number of carbonyl (C=O) groups is 2. The monoisotopic (exact) mass is 382 g/mol. The first-order valence-corrected chi connectivity index (χ1v) is 9.06. The summed E-state index contributed by atoms with van der Waals surface area (Å²) in [5.41, 5.74) is 1.30. The van der Waals surface area contributed by atoms with E-state index in [1.165, 1.54) is 0 Å². The van der Waals surface area contributed by atoms with Gasteiger partial charge in [0.25, 0.3) is 5.91 Å². The van der Waals surface area contributed by atoms with Gasteiger partial charge in [-0.05, 0) is 25.1 Å². The Morgan fingerprint density at radius 2 is 2.11 bits per heavy atom. The van der Waals surface area contributed by atoms with Crippen molar-refractivity contribution in [2.75, 3.05) is 27.2 Å². The van der Waals surface area contributed by atoms with Gasteiger partial charge in [0.15, 0.2) is 5.82 Å². The average molecular weight is 382 g/mol. The summed E-state index contributed by atoms with van der Waals surface area (Å²) in [5.74, 6) is 1.03. The second-order valence-corrected chi connectivity index (χ2v) is 6.95. The van der Waals surface area contributed by atoms with Crippen LogP contribution in [0.1, 0.15) is 28.1 Å². The fourth-order valence-corrected chi connectivity index (χ4v) is 3.73. The summed E-state index contributed by atoms with van der Waals surface area (Å²) in [6, 6.07) is 7.42. The van der Waals surface area contributed by atoms with Gasteiger partial charge in [0.2, 0.25) is 5.91 Å². The van der Waals surface area contributed by atoms with Crippen LogP contribution in [-0.4, -0.2) is 64.1 Å². The first-order chi connectivity index (χ1) is 13.5. The maximum absolute atomic E-state index is 13.1. The van der Waals surface area contributed by atoms with E-state index in [9.17, 15) is 9.59 Å². The number of hydrogen-bond donors (Lipinski definition) is 3. The minimum atomic E-state index is -0.395. The third-order valence-corrected chi connectivity index (χ3v) is 5.20. The van der Waals surface area contributed by atoms with E-state index in [2.05, 4.69) is 25.5 Å². The first kappa shape index (κ1) is 18.0. The Morgan fingerprint density at radius 3 is 2.79 bits per heavy atom. The largest absolute Gasteiger partial charge is 0.497 e. The molecular formula is C19H22N6O3. The molecule has 9 heteroatoms. The molecule has 0 radical (unpaired) electrons. The number of hydrogen-bond acceptors (Lipinski definition) is 5. The van der Waals surface area contributed by atoms with Gasteiger partial charge < -0.3 is 19.9 Å². The molecular weight excluding hydrogens is 360 g/mol. The van der Waals surface area contributed by atoms with Crippen LogP contribution < -0.4 is 10.1 Å². The lowest BCUT2D eigenvalue weighted by Crippen LogP contribution is -2.33. The van der Waals surface area contributed by atoms with Crippen molar-refractivity contribution in [2.24, 2.45) is 5.92 Å². The normalized spacial score (nSPS) is 19.2. The fourth-order valence-electron chi connectivity index (χ4n) is 3.73. The Hall–Kier alpha value is -3.36. The van der Waals surface area contributed by atoms with Crippen LogP contribution in [0, 0.1) is 12.8 Å². The molecule has 9 nitrogen and oxygen atoms in total. The molecule has 1 aliphatic rings. The number of carbonyl (C=O) groups excluding carboxylic acids is 2. The highest BCUT2D eigenvalue weighted by molar-refractivity contribution is 5.99. The van der Waals surface area contributed by atoms with Crippen molar-refractivity contribution < 1.29 is 14.3 Å². The van der Waals surface area contributed by atoms with Gasteiger partial charge in [-0.25, -0.2) is 4.98 Å². The molecule has 2 amide bonds. The summed E-state index contributed by atoms with van der Waals surface area (Å²) in [4.78, 5) is 34.7. The molecule has 28 heavy (non-hydrogen) atoms. The van der Waals surface area contributed by atoms with E-state index in [1.807, 2.05) is 31.2 Å². The number of H-pyrrole nitrogens is 2. The summed E-state index contributed by atoms with van der Waals surface area (Å²) in [6.45, 7) is 2.50. The summed E-state index contributed by atoms with van der Waals surface area (Å²) >= 11 is 0. The molecule has 3 heterocycles. The number of rotatable bonds is 4. The van der Waals surface area contributed by atoms with Crippen molar-refractivity contribution in [3.63, 3.8) is 0 Å². The summed E-state index contributed by atoms with van der Waals surface area (Å²) in [5, 5.41) is 10.6. The quantitative estimate of drug-likeness (QED) is 0.627. The molecule has 2 atom stereocenters. The van der Waals surface area contributed by atoms with Crippen LogP contribution in [-0.2, 0) is 4.79 Å². The molecule has 1 saturated heterocycles. The number of methoxy groups -OCH3 is 1. The zero-order valence-electron chi connectivity index (χ0n) is 15.9. The molecule has 4 rings (SSSR count). The van der Waals surface area contributed by atoms with E-state index in [0.29, 0.717) is 36.2 Å². The van der Waals surface area contributed by atoms with Crippen LogP contribution in [0.4, 0.5) is 0 Å². The number of benzene rings is 1. The molecule has 0 bridgehead atoms. The second kappa shape index (κ2) is 6.99. The molecule has 0 aliphatic carbocycles. The minimum absolute atomic E-state index is 0.121. The van der Waals surface area contributed by atoms with E-state index in [4.69, 9.17) is 4.74 Å². The SMILES string of the molecule is CNC(=O)C1CN(C(=O)c2cc3ccc(OC)cc3[nH]2)CC1c1n[nH]c(C)n1. The lowest BCUT2D eigenvalue weighted by atomic mass is 9.94. The number of aromatic nitrogens is 4. The molecule has 0 spiro atoms. The molecule has 146 valence electrons. The predicted octanol–water partition coefficient (Wildman–Crippen LogP) is 1.20. The molecule has 1 fully saturated rings. The van der Waals surface area contributed by atoms with Crippen molar-refractivity contribution >= 4 is 22.7 Å². The number of ether oxygens (including phenoxy) is 1. The summed E-state index contributed by atoms with van der Waals surface area (Å²) in [7, 11) is 3.20. The van der Waals surface area contributed by atoms with Crippen molar-refractivity contribution in [1.82, 2.24) is 30.4 Å². The molecule has 2 unspecified atom stereocenters. The lowest BCUT2D eigenvalue weighted by Gasteiger charge is -2.14. The van der Waals surface area contributed by atoms with Crippen molar-refractivity contribution in [2.45, 2.75) is 12.8 Å². The van der Waals surface area contributed by atoms with Crippen LogP contribution in [0.3, 0.4) is 0 Å². The molecule has 1 aromatic carbocycles. The van der Waals surface area contributed by atoms with E-state index in [-0.39, 0.29) is 17.7 Å². The molecule has 0 saturated carbocycles. The zero-order chi connectivity index (χ0) is 19.8. The van der Waals surface area contributed by atoms with E-state index in [1.54, 1.807) is 19.1 Å². The van der Waals surface area contributed by atoms with Gasteiger partial charge in [-0.1, -0.05) is 0 Å².